The summed E-state index contributed by atoms with van der Waals surface area (Å²) in [6.07, 6.45) is 7.28. The Hall–Kier alpha value is -3.76. The molecule has 0 saturated carbocycles. The number of allylic oxidation sites excluding steroid dienone is 5. The fraction of sp³-hybridized carbons (Fsp3) is 0.379. The molecule has 2 aromatic rings. The van der Waals surface area contributed by atoms with Gasteiger partial charge in [-0.05, 0) is 49.1 Å². The molecule has 0 spiro atoms. The Kier molecular flexibility index (Phi) is 13.3. The van der Waals surface area contributed by atoms with Crippen molar-refractivity contribution in [2.75, 3.05) is 26.9 Å². The third kappa shape index (κ3) is 9.77. The van der Waals surface area contributed by atoms with Crippen molar-refractivity contribution in [2.45, 2.75) is 32.6 Å². The van der Waals surface area contributed by atoms with E-state index in [2.05, 4.69) is 17.0 Å². The van der Waals surface area contributed by atoms with Crippen LogP contribution in [0.2, 0.25) is 5.02 Å². The number of nitrogens with zero attached hydrogens (tertiary/aromatic N) is 2. The van der Waals surface area contributed by atoms with Gasteiger partial charge >= 0.3 is 5.97 Å². The first-order valence-corrected chi connectivity index (χ1v) is 13.1. The largest absolute Gasteiger partial charge is 0.494 e. The van der Waals surface area contributed by atoms with Gasteiger partial charge in [0.25, 0.3) is 5.56 Å². The van der Waals surface area contributed by atoms with Crippen molar-refractivity contribution in [1.29, 1.82) is 0 Å². The Morgan fingerprint density at radius 1 is 1.32 bits per heavy atom. The monoisotopic (exact) mass is 575 g/mol. The average Bonchev–Trinajstić information content (AvgIpc) is 2.93. The molecule has 1 unspecified atom stereocenters. The van der Waals surface area contributed by atoms with Crippen molar-refractivity contribution in [3.05, 3.63) is 87.1 Å². The molecule has 40 heavy (non-hydrogen) atoms. The van der Waals surface area contributed by atoms with Gasteiger partial charge in [-0.25, -0.2) is 9.07 Å². The van der Waals surface area contributed by atoms with Crippen LogP contribution >= 0.6 is 11.6 Å². The molecule has 2 rings (SSSR count). The number of carbonyl (C=O) groups excluding carboxylic acids is 2. The van der Waals surface area contributed by atoms with Crippen LogP contribution in [0.5, 0.6) is 5.75 Å². The molecule has 1 aromatic carbocycles. The van der Waals surface area contributed by atoms with E-state index in [1.54, 1.807) is 25.2 Å². The van der Waals surface area contributed by atoms with Crippen molar-refractivity contribution in [2.24, 2.45) is 13.0 Å². The summed E-state index contributed by atoms with van der Waals surface area (Å²) in [4.78, 5) is 37.9. The minimum Gasteiger partial charge on any atom is -0.494 e. The van der Waals surface area contributed by atoms with Gasteiger partial charge in [0, 0.05) is 38.1 Å². The van der Waals surface area contributed by atoms with Gasteiger partial charge in [-0.15, -0.1) is 0 Å². The van der Waals surface area contributed by atoms with Gasteiger partial charge < -0.3 is 19.9 Å². The minimum atomic E-state index is -0.755. The Morgan fingerprint density at radius 3 is 2.75 bits per heavy atom. The van der Waals surface area contributed by atoms with Crippen molar-refractivity contribution in [3.63, 3.8) is 0 Å². The lowest BCUT2D eigenvalue weighted by Gasteiger charge is -2.17. The molecule has 1 heterocycles. The highest BCUT2D eigenvalue weighted by Gasteiger charge is 2.22. The smallest absolute Gasteiger partial charge is 0.311 e. The van der Waals surface area contributed by atoms with Crippen molar-refractivity contribution in [1.82, 2.24) is 15.1 Å². The van der Waals surface area contributed by atoms with Crippen LogP contribution in [0.15, 0.2) is 59.6 Å². The number of rotatable bonds is 15. The molecule has 0 radical (unpaired) electrons. The predicted molar refractivity (Wildman–Crippen MR) is 151 cm³/mol. The Labute approximate surface area is 237 Å². The van der Waals surface area contributed by atoms with Gasteiger partial charge in [0.2, 0.25) is 5.91 Å². The second kappa shape index (κ2) is 16.4. The van der Waals surface area contributed by atoms with Crippen LogP contribution in [0, 0.1) is 11.7 Å². The molecule has 0 aliphatic carbocycles. The molecule has 1 amide bonds. The number of nitrogens with one attached hydrogen (secondary N) is 1. The number of amides is 1. The summed E-state index contributed by atoms with van der Waals surface area (Å²) in [5.41, 5.74) is 1.63. The molecule has 1 aromatic heterocycles. The van der Waals surface area contributed by atoms with Crippen molar-refractivity contribution >= 4 is 29.1 Å². The minimum absolute atomic E-state index is 0.0181. The third-order valence-corrected chi connectivity index (χ3v) is 6.35. The van der Waals surface area contributed by atoms with Crippen molar-refractivity contribution in [3.8, 4) is 5.75 Å². The van der Waals surface area contributed by atoms with Gasteiger partial charge in [-0.2, -0.15) is 5.10 Å². The van der Waals surface area contributed by atoms with E-state index >= 15 is 0 Å². The number of aromatic nitrogens is 2. The van der Waals surface area contributed by atoms with Gasteiger partial charge in [0.15, 0.2) is 5.75 Å². The molecular weight excluding hydrogens is 541 g/mol. The summed E-state index contributed by atoms with van der Waals surface area (Å²) in [6, 6.07) is 3.96. The molecular formula is C29H35ClFN3O6. The number of esters is 1. The van der Waals surface area contributed by atoms with E-state index in [4.69, 9.17) is 26.2 Å². The maximum Gasteiger partial charge on any atom is 0.311 e. The normalized spacial score (nSPS) is 12.3. The van der Waals surface area contributed by atoms with E-state index in [0.717, 1.165) is 0 Å². The first kappa shape index (κ1) is 32.5. The number of methoxy groups -OCH3 is 1. The summed E-state index contributed by atoms with van der Waals surface area (Å²) < 4.78 is 25.3. The first-order valence-electron chi connectivity index (χ1n) is 12.7. The second-order valence-corrected chi connectivity index (χ2v) is 9.35. The zero-order valence-corrected chi connectivity index (χ0v) is 23.7. The van der Waals surface area contributed by atoms with Gasteiger partial charge in [0.1, 0.15) is 5.82 Å². The lowest BCUT2D eigenvalue weighted by molar-refractivity contribution is -0.148. The molecule has 0 fully saturated rings. The van der Waals surface area contributed by atoms with Gasteiger partial charge in [-0.3, -0.25) is 14.4 Å². The van der Waals surface area contributed by atoms with Crippen LogP contribution in [0.3, 0.4) is 0 Å². The van der Waals surface area contributed by atoms with Crippen molar-refractivity contribution < 1.29 is 28.6 Å². The number of aliphatic hydroxyl groups excluding tert-OH is 1. The lowest BCUT2D eigenvalue weighted by atomic mass is 9.98. The zero-order chi connectivity index (χ0) is 29.7. The Balaban J connectivity index is 2.10. The average molecular weight is 576 g/mol. The summed E-state index contributed by atoms with van der Waals surface area (Å²) in [5, 5.41) is 16.1. The van der Waals surface area contributed by atoms with E-state index < -0.39 is 17.7 Å². The molecule has 2 N–H and O–H groups in total. The lowest BCUT2D eigenvalue weighted by Crippen LogP contribution is -2.34. The van der Waals surface area contributed by atoms with Crippen LogP contribution in [0.4, 0.5) is 4.39 Å². The fourth-order valence-corrected chi connectivity index (χ4v) is 3.97. The molecule has 0 bridgehead atoms. The van der Waals surface area contributed by atoms with E-state index in [9.17, 15) is 18.8 Å². The third-order valence-electron chi connectivity index (χ3n) is 5.98. The topological polar surface area (TPSA) is 120 Å². The maximum absolute atomic E-state index is 13.5. The van der Waals surface area contributed by atoms with E-state index in [1.807, 2.05) is 0 Å². The molecule has 216 valence electrons. The highest BCUT2D eigenvalue weighted by Crippen LogP contribution is 2.24. The standard InChI is InChI=1S/C29H35ClFN3O6/c1-5-20(27-25(39-4)18-33-34(3)28(27)37)8-7-19(2)15-22(29(38)40-14-6-13-35)17-32-26(36)12-9-21-16-23(31)10-11-24(21)30/h5,7-8,10-11,16,18,22,35H,2,6,9,12-15,17H2,1,3-4H3,(H,32,36)/b8-7-,20-5+. The first-order chi connectivity index (χ1) is 19.1. The Morgan fingerprint density at radius 2 is 2.08 bits per heavy atom. The predicted octanol–water partition coefficient (Wildman–Crippen LogP) is 3.78. The fourth-order valence-electron chi connectivity index (χ4n) is 3.76. The number of benzene rings is 1. The van der Waals surface area contributed by atoms with Crippen LogP contribution in [0.1, 0.15) is 37.3 Å². The van der Waals surface area contributed by atoms with Gasteiger partial charge in [0.05, 0.1) is 31.4 Å². The number of hydrogen-bond acceptors (Lipinski definition) is 7. The molecule has 1 atom stereocenters. The molecule has 0 aliphatic rings. The number of ether oxygens (including phenoxy) is 2. The maximum atomic E-state index is 13.5. The summed E-state index contributed by atoms with van der Waals surface area (Å²) in [7, 11) is 2.99. The summed E-state index contributed by atoms with van der Waals surface area (Å²) >= 11 is 6.08. The number of hydrogen-bond donors (Lipinski definition) is 2. The molecule has 11 heteroatoms. The zero-order valence-electron chi connectivity index (χ0n) is 22.9. The van der Waals surface area contributed by atoms with Gasteiger partial charge in [-0.1, -0.05) is 42.0 Å². The molecule has 0 aliphatic heterocycles. The van der Waals surface area contributed by atoms with Crippen LogP contribution < -0.4 is 15.6 Å². The number of halogens is 2. The highest BCUT2D eigenvalue weighted by molar-refractivity contribution is 6.31. The number of carbonyl (C=O) groups is 2. The summed E-state index contributed by atoms with van der Waals surface area (Å²) in [6.45, 7) is 5.69. The Bertz CT molecular complexity index is 1320. The molecule has 9 nitrogen and oxygen atoms in total. The van der Waals surface area contributed by atoms with Crippen LogP contribution in [0.25, 0.3) is 5.57 Å². The van der Waals surface area contributed by atoms with E-state index in [1.165, 1.54) is 43.2 Å². The van der Waals surface area contributed by atoms with Crippen LogP contribution in [-0.4, -0.2) is 53.6 Å². The van der Waals surface area contributed by atoms with E-state index in [-0.39, 0.29) is 56.9 Å². The second-order valence-electron chi connectivity index (χ2n) is 8.94. The number of aryl methyl sites for hydroxylation is 2. The summed E-state index contributed by atoms with van der Waals surface area (Å²) in [5.74, 6) is -1.77. The van der Waals surface area contributed by atoms with E-state index in [0.29, 0.717) is 33.0 Å². The SMILES string of the molecule is C=C(/C=C\C(=C/C)c1c(OC)cnn(C)c1=O)CC(CNC(=O)CCc1cc(F)ccc1Cl)C(=O)OCCCO. The quantitative estimate of drug-likeness (QED) is 0.188. The molecule has 0 saturated heterocycles. The number of aliphatic hydroxyl groups is 1. The highest BCUT2D eigenvalue weighted by atomic mass is 35.5. The van der Waals surface area contributed by atoms with Crippen LogP contribution in [-0.2, 0) is 27.8 Å².